The normalized spacial score (nSPS) is 20.6. The Morgan fingerprint density at radius 1 is 1.29 bits per heavy atom. The zero-order valence-electron chi connectivity index (χ0n) is 14.1. The van der Waals surface area contributed by atoms with Gasteiger partial charge in [-0.2, -0.15) is 0 Å². The Morgan fingerprint density at radius 2 is 1.95 bits per heavy atom. The minimum Gasteiger partial charge on any atom is -0.417 e. The summed E-state index contributed by atoms with van der Waals surface area (Å²) < 4.78 is 6.15. The Morgan fingerprint density at radius 3 is 2.52 bits per heavy atom. The van der Waals surface area contributed by atoms with Crippen molar-refractivity contribution in [1.29, 1.82) is 0 Å². The van der Waals surface area contributed by atoms with Crippen molar-refractivity contribution >= 4 is 35.0 Å². The van der Waals surface area contributed by atoms with Crippen molar-refractivity contribution in [2.45, 2.75) is 76.3 Å². The fourth-order valence-corrected chi connectivity index (χ4v) is 5.37. The van der Waals surface area contributed by atoms with Gasteiger partial charge in [-0.25, -0.2) is 0 Å². The Labute approximate surface area is 139 Å². The summed E-state index contributed by atoms with van der Waals surface area (Å²) in [6, 6.07) is 0. The smallest absolute Gasteiger partial charge is 0.200 e. The van der Waals surface area contributed by atoms with Gasteiger partial charge in [0, 0.05) is 18.3 Å². The summed E-state index contributed by atoms with van der Waals surface area (Å²) in [7, 11) is 1.60. The largest absolute Gasteiger partial charge is 0.417 e. The fraction of sp³-hybridized carbons (Fsp3) is 0.812. The molecule has 1 aliphatic rings. The van der Waals surface area contributed by atoms with Crippen LogP contribution in [0.2, 0.25) is 18.1 Å². The number of unbranched alkanes of at least 4 members (excludes halogenated alkanes) is 1. The van der Waals surface area contributed by atoms with E-state index in [1.165, 1.54) is 10.8 Å². The molecule has 122 valence electrons. The first kappa shape index (κ1) is 19.3. The molecule has 5 heteroatoms. The lowest BCUT2D eigenvalue weighted by molar-refractivity contribution is -0.110. The van der Waals surface area contributed by atoms with Crippen molar-refractivity contribution in [3.63, 3.8) is 0 Å². The van der Waals surface area contributed by atoms with Crippen LogP contribution >= 0.6 is 21.6 Å². The number of carbonyl (C=O) groups excluding carboxylic acids is 1. The lowest BCUT2D eigenvalue weighted by Gasteiger charge is -2.36. The van der Waals surface area contributed by atoms with Crippen LogP contribution in [0.1, 0.15) is 52.9 Å². The van der Waals surface area contributed by atoms with Gasteiger partial charge in [-0.05, 0) is 54.6 Å². The van der Waals surface area contributed by atoms with Crippen molar-refractivity contribution in [1.82, 2.24) is 0 Å². The molecule has 1 atom stereocenters. The number of allylic oxidation sites excluding steroid dienone is 2. The Kier molecular flexibility index (Phi) is 8.10. The van der Waals surface area contributed by atoms with Crippen LogP contribution in [0.15, 0.2) is 12.2 Å². The van der Waals surface area contributed by atoms with Gasteiger partial charge in [-0.1, -0.05) is 43.7 Å². The highest BCUT2D eigenvalue weighted by Gasteiger charge is 2.36. The maximum Gasteiger partial charge on any atom is 0.200 e. The Hall–Kier alpha value is 0.287. The molecular formula is C16H30O2S2Si. The van der Waals surface area contributed by atoms with E-state index in [4.69, 9.17) is 4.43 Å². The number of carbonyl (C=O) groups is 1. The zero-order chi connectivity index (χ0) is 15.9. The van der Waals surface area contributed by atoms with Crippen molar-refractivity contribution in [3.8, 4) is 0 Å². The second-order valence-corrected chi connectivity index (χ2v) is 14.5. The van der Waals surface area contributed by atoms with E-state index in [2.05, 4.69) is 46.0 Å². The topological polar surface area (TPSA) is 26.3 Å². The molecule has 1 unspecified atom stereocenters. The molecule has 0 radical (unpaired) electrons. The van der Waals surface area contributed by atoms with Crippen LogP contribution in [-0.4, -0.2) is 25.3 Å². The molecule has 1 rings (SSSR count). The van der Waals surface area contributed by atoms with Crippen LogP contribution in [0, 0.1) is 0 Å². The van der Waals surface area contributed by atoms with Gasteiger partial charge < -0.3 is 4.43 Å². The van der Waals surface area contributed by atoms with Crippen LogP contribution < -0.4 is 0 Å². The predicted octanol–water partition coefficient (Wildman–Crippen LogP) is 5.81. The standard InChI is InChI=1S/C16H30O2S2Si/c1-16(2,3)21(4,5)18-12-10-8-6-7-9-11-14-13-15(17)20-19-14/h6-7,14H,8-13H2,1-5H3/b7-6+. The molecule has 0 aromatic heterocycles. The second-order valence-electron chi connectivity index (χ2n) is 7.18. The third-order valence-electron chi connectivity index (χ3n) is 4.28. The Bertz CT molecular complexity index is 362. The summed E-state index contributed by atoms with van der Waals surface area (Å²) in [5.74, 6) is 0. The molecule has 0 aliphatic carbocycles. The summed E-state index contributed by atoms with van der Waals surface area (Å²) in [6.07, 6.45) is 9.71. The molecule has 1 saturated heterocycles. The molecule has 0 amide bonds. The Balaban J connectivity index is 2.04. The molecule has 0 spiro atoms. The molecule has 2 nitrogen and oxygen atoms in total. The summed E-state index contributed by atoms with van der Waals surface area (Å²) >= 11 is 0. The van der Waals surface area contributed by atoms with Crippen LogP contribution in [0.25, 0.3) is 0 Å². The predicted molar refractivity (Wildman–Crippen MR) is 99.4 cm³/mol. The summed E-state index contributed by atoms with van der Waals surface area (Å²) in [5.41, 5.74) is 0. The highest BCUT2D eigenvalue weighted by molar-refractivity contribution is 8.83. The van der Waals surface area contributed by atoms with E-state index in [0.29, 0.717) is 15.4 Å². The van der Waals surface area contributed by atoms with Crippen LogP contribution in [0.5, 0.6) is 0 Å². The van der Waals surface area contributed by atoms with Crippen molar-refractivity contribution in [3.05, 3.63) is 12.2 Å². The van der Waals surface area contributed by atoms with Crippen LogP contribution in [0.4, 0.5) is 0 Å². The quantitative estimate of drug-likeness (QED) is 0.240. The van der Waals surface area contributed by atoms with Crippen LogP contribution in [0.3, 0.4) is 0 Å². The monoisotopic (exact) mass is 346 g/mol. The lowest BCUT2D eigenvalue weighted by Crippen LogP contribution is -2.40. The summed E-state index contributed by atoms with van der Waals surface area (Å²) in [5, 5.41) is 1.18. The van der Waals surface area contributed by atoms with E-state index in [1.807, 2.05) is 0 Å². The van der Waals surface area contributed by atoms with Gasteiger partial charge in [-0.15, -0.1) is 0 Å². The van der Waals surface area contributed by atoms with E-state index in [9.17, 15) is 4.79 Å². The second kappa shape index (κ2) is 8.80. The van der Waals surface area contributed by atoms with E-state index in [-0.39, 0.29) is 0 Å². The summed E-state index contributed by atoms with van der Waals surface area (Å²) in [4.78, 5) is 11.1. The van der Waals surface area contributed by atoms with E-state index in [1.54, 1.807) is 10.8 Å². The molecule has 21 heavy (non-hydrogen) atoms. The highest BCUT2D eigenvalue weighted by Crippen LogP contribution is 2.41. The van der Waals surface area contributed by atoms with Gasteiger partial charge in [0.1, 0.15) is 0 Å². The van der Waals surface area contributed by atoms with Gasteiger partial charge in [0.2, 0.25) is 5.12 Å². The number of rotatable bonds is 8. The fourth-order valence-electron chi connectivity index (χ4n) is 1.79. The third-order valence-corrected chi connectivity index (χ3v) is 11.6. The van der Waals surface area contributed by atoms with E-state index in [0.717, 1.165) is 38.7 Å². The molecule has 0 bridgehead atoms. The van der Waals surface area contributed by atoms with Crippen molar-refractivity contribution in [2.75, 3.05) is 6.61 Å². The molecular weight excluding hydrogens is 316 g/mol. The SMILES string of the molecule is CC(C)(C)[Si](C)(C)OCCC/C=C/CCC1CC(=O)SS1. The average Bonchev–Trinajstić information content (AvgIpc) is 2.77. The first-order valence-corrected chi connectivity index (χ1v) is 13.0. The summed E-state index contributed by atoms with van der Waals surface area (Å²) in [6.45, 7) is 12.3. The number of hydrogen-bond acceptors (Lipinski definition) is 4. The highest BCUT2D eigenvalue weighted by atomic mass is 33.1. The van der Waals surface area contributed by atoms with Crippen molar-refractivity contribution < 1.29 is 9.22 Å². The van der Waals surface area contributed by atoms with Crippen molar-refractivity contribution in [2.24, 2.45) is 0 Å². The maximum absolute atomic E-state index is 11.1. The van der Waals surface area contributed by atoms with Crippen LogP contribution in [-0.2, 0) is 9.22 Å². The molecule has 0 N–H and O–H groups in total. The molecule has 0 saturated carbocycles. The first-order chi connectivity index (χ1) is 9.72. The van der Waals surface area contributed by atoms with Gasteiger partial charge >= 0.3 is 0 Å². The molecule has 0 aromatic rings. The maximum atomic E-state index is 11.1. The molecule has 1 heterocycles. The molecule has 1 fully saturated rings. The molecule has 1 aliphatic heterocycles. The average molecular weight is 347 g/mol. The lowest BCUT2D eigenvalue weighted by atomic mass is 10.1. The van der Waals surface area contributed by atoms with Gasteiger partial charge in [0.15, 0.2) is 8.32 Å². The third kappa shape index (κ3) is 7.40. The first-order valence-electron chi connectivity index (χ1n) is 7.87. The molecule has 0 aromatic carbocycles. The zero-order valence-corrected chi connectivity index (χ0v) is 16.7. The minimum atomic E-state index is -1.57. The van der Waals surface area contributed by atoms with E-state index >= 15 is 0 Å². The van der Waals surface area contributed by atoms with Gasteiger partial charge in [-0.3, -0.25) is 4.79 Å². The van der Waals surface area contributed by atoms with Gasteiger partial charge in [0.25, 0.3) is 0 Å². The number of hydrogen-bond donors (Lipinski definition) is 0. The minimum absolute atomic E-state index is 0.303. The van der Waals surface area contributed by atoms with Gasteiger partial charge in [0.05, 0.1) is 0 Å². The van der Waals surface area contributed by atoms with E-state index < -0.39 is 8.32 Å².